The Hall–Kier alpha value is -2.82. The van der Waals surface area contributed by atoms with Gasteiger partial charge in [0.1, 0.15) is 5.75 Å². The summed E-state index contributed by atoms with van der Waals surface area (Å²) in [6.07, 6.45) is 0. The second-order valence-corrected chi connectivity index (χ2v) is 4.57. The summed E-state index contributed by atoms with van der Waals surface area (Å²) >= 11 is 0. The van der Waals surface area contributed by atoms with Crippen LogP contribution in [0, 0.1) is 0 Å². The van der Waals surface area contributed by atoms with E-state index in [0.717, 1.165) is 0 Å². The van der Waals surface area contributed by atoms with E-state index in [1.54, 1.807) is 48.5 Å². The molecule has 2 rings (SSSR count). The van der Waals surface area contributed by atoms with Gasteiger partial charge in [0.05, 0.1) is 14.2 Å². The Morgan fingerprint density at radius 3 is 2.36 bits per heavy atom. The molecule has 0 fully saturated rings. The lowest BCUT2D eigenvalue weighted by Gasteiger charge is -2.17. The molecule has 0 heterocycles. The van der Waals surface area contributed by atoms with E-state index in [-0.39, 0.29) is 5.91 Å². The molecule has 1 N–H and O–H groups in total. The van der Waals surface area contributed by atoms with Crippen molar-refractivity contribution in [1.82, 2.24) is 5.32 Å². The smallest absolute Gasteiger partial charge is 0.333 e. The van der Waals surface area contributed by atoms with Gasteiger partial charge in [0, 0.05) is 5.56 Å². The number of carbonyl (C=O) groups excluding carboxylic acids is 2. The molecule has 5 heteroatoms. The minimum atomic E-state index is -0.857. The summed E-state index contributed by atoms with van der Waals surface area (Å²) in [6, 6.07) is 14.8. The van der Waals surface area contributed by atoms with Gasteiger partial charge in [-0.1, -0.05) is 36.4 Å². The zero-order valence-electron chi connectivity index (χ0n) is 12.4. The molecule has 114 valence electrons. The van der Waals surface area contributed by atoms with E-state index >= 15 is 0 Å². The molecule has 2 aromatic rings. The van der Waals surface area contributed by atoms with Crippen LogP contribution in [0.1, 0.15) is 22.0 Å². The van der Waals surface area contributed by atoms with Crippen LogP contribution in [0.2, 0.25) is 0 Å². The second-order valence-electron chi connectivity index (χ2n) is 4.57. The topological polar surface area (TPSA) is 64.6 Å². The first-order valence-electron chi connectivity index (χ1n) is 6.73. The zero-order valence-corrected chi connectivity index (χ0v) is 12.4. The molecule has 0 radical (unpaired) electrons. The van der Waals surface area contributed by atoms with Crippen LogP contribution in [0.3, 0.4) is 0 Å². The van der Waals surface area contributed by atoms with E-state index in [0.29, 0.717) is 16.9 Å². The number of nitrogens with one attached hydrogen (secondary N) is 1. The fourth-order valence-electron chi connectivity index (χ4n) is 2.02. The van der Waals surface area contributed by atoms with E-state index < -0.39 is 12.0 Å². The van der Waals surface area contributed by atoms with E-state index in [2.05, 4.69) is 5.32 Å². The molecular weight excluding hydrogens is 282 g/mol. The first-order valence-corrected chi connectivity index (χ1v) is 6.73. The van der Waals surface area contributed by atoms with Crippen LogP contribution in [-0.2, 0) is 9.53 Å². The predicted octanol–water partition coefficient (Wildman–Crippen LogP) is 2.34. The van der Waals surface area contributed by atoms with Crippen LogP contribution >= 0.6 is 0 Å². The molecule has 0 bridgehead atoms. The van der Waals surface area contributed by atoms with Crippen molar-refractivity contribution in [3.05, 3.63) is 65.7 Å². The van der Waals surface area contributed by atoms with Crippen molar-refractivity contribution >= 4 is 11.9 Å². The maximum atomic E-state index is 12.3. The van der Waals surface area contributed by atoms with Gasteiger partial charge in [0.25, 0.3) is 5.91 Å². The maximum absolute atomic E-state index is 12.3. The molecular formula is C17H17NO4. The molecule has 1 amide bonds. The van der Waals surface area contributed by atoms with Crippen molar-refractivity contribution < 1.29 is 19.1 Å². The molecule has 0 aliphatic rings. The molecule has 2 aromatic carbocycles. The monoisotopic (exact) mass is 299 g/mol. The Morgan fingerprint density at radius 1 is 1.00 bits per heavy atom. The number of hydrogen-bond donors (Lipinski definition) is 1. The average molecular weight is 299 g/mol. The normalized spacial score (nSPS) is 11.4. The summed E-state index contributed by atoms with van der Waals surface area (Å²) < 4.78 is 9.86. The van der Waals surface area contributed by atoms with Crippen molar-refractivity contribution in [3.8, 4) is 5.75 Å². The third-order valence-corrected chi connectivity index (χ3v) is 3.18. The SMILES string of the molecule is COC(=O)C(NC(=O)c1cccc(OC)c1)c1ccccc1. The van der Waals surface area contributed by atoms with Gasteiger partial charge in [-0.15, -0.1) is 0 Å². The van der Waals surface area contributed by atoms with Crippen molar-refractivity contribution in [1.29, 1.82) is 0 Å². The number of amides is 1. The molecule has 0 aliphatic carbocycles. The number of esters is 1. The van der Waals surface area contributed by atoms with Crippen molar-refractivity contribution in [2.75, 3.05) is 14.2 Å². The van der Waals surface area contributed by atoms with Crippen LogP contribution in [0.15, 0.2) is 54.6 Å². The minimum absolute atomic E-state index is 0.377. The number of rotatable bonds is 5. The highest BCUT2D eigenvalue weighted by Gasteiger charge is 2.24. The highest BCUT2D eigenvalue weighted by molar-refractivity contribution is 5.97. The first kappa shape index (κ1) is 15.6. The van der Waals surface area contributed by atoms with Gasteiger partial charge in [0.2, 0.25) is 0 Å². The first-order chi connectivity index (χ1) is 10.7. The third-order valence-electron chi connectivity index (χ3n) is 3.18. The lowest BCUT2D eigenvalue weighted by molar-refractivity contribution is -0.143. The van der Waals surface area contributed by atoms with Gasteiger partial charge < -0.3 is 14.8 Å². The average Bonchev–Trinajstić information content (AvgIpc) is 2.59. The largest absolute Gasteiger partial charge is 0.497 e. The van der Waals surface area contributed by atoms with Gasteiger partial charge in [-0.05, 0) is 23.8 Å². The fraction of sp³-hybridized carbons (Fsp3) is 0.176. The summed E-state index contributed by atoms with van der Waals surface area (Å²) in [5, 5.41) is 2.68. The van der Waals surface area contributed by atoms with Gasteiger partial charge >= 0.3 is 5.97 Å². The number of hydrogen-bond acceptors (Lipinski definition) is 4. The van der Waals surface area contributed by atoms with Gasteiger partial charge in [-0.2, -0.15) is 0 Å². The van der Waals surface area contributed by atoms with Crippen molar-refractivity contribution in [3.63, 3.8) is 0 Å². The molecule has 1 unspecified atom stereocenters. The van der Waals surface area contributed by atoms with Gasteiger partial charge in [0.15, 0.2) is 6.04 Å². The highest BCUT2D eigenvalue weighted by Crippen LogP contribution is 2.17. The van der Waals surface area contributed by atoms with Crippen LogP contribution < -0.4 is 10.1 Å². The molecule has 0 spiro atoms. The number of methoxy groups -OCH3 is 2. The number of carbonyl (C=O) groups is 2. The Bertz CT molecular complexity index is 655. The standard InChI is InChI=1S/C17H17NO4/c1-21-14-10-6-9-13(11-14)16(19)18-15(17(20)22-2)12-7-4-3-5-8-12/h3-11,15H,1-2H3,(H,18,19). The Balaban J connectivity index is 2.23. The lowest BCUT2D eigenvalue weighted by atomic mass is 10.1. The quantitative estimate of drug-likeness (QED) is 0.861. The molecule has 22 heavy (non-hydrogen) atoms. The zero-order chi connectivity index (χ0) is 15.9. The van der Waals surface area contributed by atoms with Crippen LogP contribution in [0.5, 0.6) is 5.75 Å². The summed E-state index contributed by atoms with van der Waals surface area (Å²) in [7, 11) is 2.81. The van der Waals surface area contributed by atoms with E-state index in [9.17, 15) is 9.59 Å². The van der Waals surface area contributed by atoms with Crippen LogP contribution in [0.4, 0.5) is 0 Å². The molecule has 1 atom stereocenters. The minimum Gasteiger partial charge on any atom is -0.497 e. The summed E-state index contributed by atoms with van der Waals surface area (Å²) in [5.74, 6) is -0.331. The predicted molar refractivity (Wildman–Crippen MR) is 81.7 cm³/mol. The summed E-state index contributed by atoms with van der Waals surface area (Å²) in [4.78, 5) is 24.3. The number of ether oxygens (including phenoxy) is 2. The lowest BCUT2D eigenvalue weighted by Crippen LogP contribution is -2.34. The van der Waals surface area contributed by atoms with Gasteiger partial charge in [-0.25, -0.2) is 4.79 Å². The van der Waals surface area contributed by atoms with Crippen LogP contribution in [0.25, 0.3) is 0 Å². The second kappa shape index (κ2) is 7.26. The maximum Gasteiger partial charge on any atom is 0.333 e. The van der Waals surface area contributed by atoms with E-state index in [1.807, 2.05) is 6.07 Å². The Labute approximate surface area is 128 Å². The van der Waals surface area contributed by atoms with Crippen molar-refractivity contribution in [2.24, 2.45) is 0 Å². The Morgan fingerprint density at radius 2 is 1.73 bits per heavy atom. The molecule has 5 nitrogen and oxygen atoms in total. The van der Waals surface area contributed by atoms with Crippen molar-refractivity contribution in [2.45, 2.75) is 6.04 Å². The van der Waals surface area contributed by atoms with E-state index in [1.165, 1.54) is 14.2 Å². The van der Waals surface area contributed by atoms with Crippen LogP contribution in [-0.4, -0.2) is 26.1 Å². The molecule has 0 saturated carbocycles. The number of benzene rings is 2. The Kier molecular flexibility index (Phi) is 5.14. The third kappa shape index (κ3) is 3.63. The van der Waals surface area contributed by atoms with E-state index in [4.69, 9.17) is 9.47 Å². The summed E-state index contributed by atoms with van der Waals surface area (Å²) in [5.41, 5.74) is 1.06. The van der Waals surface area contributed by atoms with Gasteiger partial charge in [-0.3, -0.25) is 4.79 Å². The highest BCUT2D eigenvalue weighted by atomic mass is 16.5. The fourth-order valence-corrected chi connectivity index (χ4v) is 2.02. The molecule has 0 aliphatic heterocycles. The molecule has 0 aromatic heterocycles. The molecule has 0 saturated heterocycles. The summed E-state index contributed by atoms with van der Waals surface area (Å²) in [6.45, 7) is 0.